The highest BCUT2D eigenvalue weighted by molar-refractivity contribution is 7.80. The topological polar surface area (TPSA) is 24.9 Å². The van der Waals surface area contributed by atoms with Crippen LogP contribution in [0, 0.1) is 5.92 Å². The molecule has 1 aromatic heterocycles. The van der Waals surface area contributed by atoms with Gasteiger partial charge in [0.15, 0.2) is 0 Å². The number of anilines is 1. The van der Waals surface area contributed by atoms with Crippen molar-refractivity contribution in [3.05, 3.63) is 24.5 Å². The van der Waals surface area contributed by atoms with Crippen molar-refractivity contribution in [3.8, 4) is 0 Å². The molecule has 0 radical (unpaired) electrons. The lowest BCUT2D eigenvalue weighted by atomic mass is 9.89. The van der Waals surface area contributed by atoms with E-state index in [1.807, 2.05) is 18.3 Å². The van der Waals surface area contributed by atoms with Gasteiger partial charge in [0.2, 0.25) is 0 Å². The molecule has 15 heavy (non-hydrogen) atoms. The molecule has 1 aliphatic carbocycles. The lowest BCUT2D eigenvalue weighted by molar-refractivity contribution is 0.442. The third kappa shape index (κ3) is 2.99. The van der Waals surface area contributed by atoms with E-state index in [2.05, 4.69) is 10.3 Å². The van der Waals surface area contributed by atoms with Crippen LogP contribution in [-0.4, -0.2) is 9.97 Å². The number of nitrogens with zero attached hydrogens (tertiary/aromatic N) is 1. The van der Waals surface area contributed by atoms with E-state index in [4.69, 9.17) is 12.2 Å². The highest BCUT2D eigenvalue weighted by atomic mass is 32.1. The second-order valence-corrected chi connectivity index (χ2v) is 4.51. The number of aromatic nitrogens is 1. The van der Waals surface area contributed by atoms with Crippen molar-refractivity contribution in [3.63, 3.8) is 0 Å². The van der Waals surface area contributed by atoms with E-state index < -0.39 is 0 Å². The molecule has 1 aliphatic rings. The number of hydrogen-bond acceptors (Lipinski definition) is 2. The number of thiocarbonyl (C=S) groups is 1. The van der Waals surface area contributed by atoms with Gasteiger partial charge in [-0.15, -0.1) is 0 Å². The van der Waals surface area contributed by atoms with Crippen molar-refractivity contribution < 1.29 is 0 Å². The van der Waals surface area contributed by atoms with Crippen molar-refractivity contribution in [1.82, 2.24) is 4.98 Å². The summed E-state index contributed by atoms with van der Waals surface area (Å²) in [6, 6.07) is 3.92. The Kier molecular flexibility index (Phi) is 3.67. The van der Waals surface area contributed by atoms with E-state index >= 15 is 0 Å². The smallest absolute Gasteiger partial charge is 0.0829 e. The molecular weight excluding hydrogens is 204 g/mol. The molecule has 3 heteroatoms. The number of rotatable bonds is 2. The van der Waals surface area contributed by atoms with Gasteiger partial charge in [-0.05, 0) is 25.0 Å². The summed E-state index contributed by atoms with van der Waals surface area (Å²) in [6.07, 6.45) is 10.1. The van der Waals surface area contributed by atoms with Gasteiger partial charge in [-0.1, -0.05) is 31.5 Å². The average molecular weight is 220 g/mol. The van der Waals surface area contributed by atoms with E-state index in [1.54, 1.807) is 6.20 Å². The van der Waals surface area contributed by atoms with E-state index in [1.165, 1.54) is 32.1 Å². The average Bonchev–Trinajstić information content (AvgIpc) is 2.31. The predicted octanol–water partition coefficient (Wildman–Crippen LogP) is 3.40. The van der Waals surface area contributed by atoms with Gasteiger partial charge in [-0.3, -0.25) is 4.98 Å². The van der Waals surface area contributed by atoms with Crippen molar-refractivity contribution in [1.29, 1.82) is 0 Å². The maximum Gasteiger partial charge on any atom is 0.0829 e. The number of hydrogen-bond donors (Lipinski definition) is 1. The van der Waals surface area contributed by atoms with Gasteiger partial charge in [0.25, 0.3) is 0 Å². The minimum absolute atomic E-state index is 0.578. The van der Waals surface area contributed by atoms with Crippen LogP contribution in [0.15, 0.2) is 24.5 Å². The maximum atomic E-state index is 5.42. The van der Waals surface area contributed by atoms with Crippen molar-refractivity contribution in [2.75, 3.05) is 5.32 Å². The first kappa shape index (κ1) is 10.6. The standard InChI is InChI=1S/C12H16N2S/c15-12(10-5-2-1-3-6-10)14-11-7-4-8-13-9-11/h4,7-10H,1-3,5-6H2,(H,14,15). The zero-order chi connectivity index (χ0) is 10.5. The largest absolute Gasteiger partial charge is 0.349 e. The minimum atomic E-state index is 0.578. The van der Waals surface area contributed by atoms with Crippen LogP contribution in [0.2, 0.25) is 0 Å². The van der Waals surface area contributed by atoms with Gasteiger partial charge < -0.3 is 5.32 Å². The van der Waals surface area contributed by atoms with Crippen molar-refractivity contribution in [2.24, 2.45) is 5.92 Å². The predicted molar refractivity (Wildman–Crippen MR) is 67.0 cm³/mol. The summed E-state index contributed by atoms with van der Waals surface area (Å²) < 4.78 is 0. The molecule has 80 valence electrons. The molecule has 1 saturated carbocycles. The minimum Gasteiger partial charge on any atom is -0.349 e. The first-order valence-corrected chi connectivity index (χ1v) is 5.98. The summed E-state index contributed by atoms with van der Waals surface area (Å²) in [5, 5.41) is 3.28. The Labute approximate surface area is 96.1 Å². The fourth-order valence-corrected chi connectivity index (χ4v) is 2.40. The van der Waals surface area contributed by atoms with Gasteiger partial charge in [0.05, 0.1) is 16.9 Å². The van der Waals surface area contributed by atoms with Crippen LogP contribution in [0.5, 0.6) is 0 Å². The quantitative estimate of drug-likeness (QED) is 0.773. The van der Waals surface area contributed by atoms with Gasteiger partial charge in [-0.25, -0.2) is 0 Å². The summed E-state index contributed by atoms with van der Waals surface area (Å²) >= 11 is 5.42. The van der Waals surface area contributed by atoms with Gasteiger partial charge in [-0.2, -0.15) is 0 Å². The molecule has 0 unspecified atom stereocenters. The van der Waals surface area contributed by atoms with Crippen molar-refractivity contribution >= 4 is 22.9 Å². The first-order valence-electron chi connectivity index (χ1n) is 5.57. The molecule has 0 atom stereocenters. The van der Waals surface area contributed by atoms with Crippen molar-refractivity contribution in [2.45, 2.75) is 32.1 Å². The fourth-order valence-electron chi connectivity index (χ4n) is 2.05. The fraction of sp³-hybridized carbons (Fsp3) is 0.500. The van der Waals surface area contributed by atoms with Crippen LogP contribution in [0.3, 0.4) is 0 Å². The third-order valence-corrected chi connectivity index (χ3v) is 3.34. The monoisotopic (exact) mass is 220 g/mol. The Morgan fingerprint density at radius 2 is 2.13 bits per heavy atom. The molecule has 0 saturated heterocycles. The lowest BCUT2D eigenvalue weighted by Gasteiger charge is -2.23. The summed E-state index contributed by atoms with van der Waals surface area (Å²) in [5.74, 6) is 0.578. The molecule has 1 heterocycles. The van der Waals surface area contributed by atoms with E-state index in [0.29, 0.717) is 5.92 Å². The van der Waals surface area contributed by atoms with Crippen LogP contribution in [0.4, 0.5) is 5.69 Å². The Bertz CT molecular complexity index is 318. The molecule has 0 spiro atoms. The third-order valence-electron chi connectivity index (χ3n) is 2.91. The second kappa shape index (κ2) is 5.21. The second-order valence-electron chi connectivity index (χ2n) is 4.07. The SMILES string of the molecule is S=C(Nc1cccnc1)C1CCCCC1. The molecular formula is C12H16N2S. The molecule has 1 N–H and O–H groups in total. The summed E-state index contributed by atoms with van der Waals surface area (Å²) in [7, 11) is 0. The van der Waals surface area contributed by atoms with Crippen LogP contribution in [0.1, 0.15) is 32.1 Å². The number of nitrogens with one attached hydrogen (secondary N) is 1. The zero-order valence-corrected chi connectivity index (χ0v) is 9.59. The lowest BCUT2D eigenvalue weighted by Crippen LogP contribution is -2.22. The normalized spacial score (nSPS) is 17.3. The zero-order valence-electron chi connectivity index (χ0n) is 8.78. The van der Waals surface area contributed by atoms with Gasteiger partial charge in [0, 0.05) is 12.1 Å². The van der Waals surface area contributed by atoms with E-state index in [-0.39, 0.29) is 0 Å². The maximum absolute atomic E-state index is 5.42. The van der Waals surface area contributed by atoms with Gasteiger partial charge >= 0.3 is 0 Å². The molecule has 2 nitrogen and oxygen atoms in total. The Hall–Kier alpha value is -0.960. The number of pyridine rings is 1. The summed E-state index contributed by atoms with van der Waals surface area (Å²) in [4.78, 5) is 5.05. The summed E-state index contributed by atoms with van der Waals surface area (Å²) in [5.41, 5.74) is 1.01. The van der Waals surface area contributed by atoms with E-state index in [9.17, 15) is 0 Å². The molecule has 1 aromatic rings. The first-order chi connectivity index (χ1) is 7.36. The van der Waals surface area contributed by atoms with Crippen LogP contribution >= 0.6 is 12.2 Å². The molecule has 2 rings (SSSR count). The molecule has 0 aromatic carbocycles. The van der Waals surface area contributed by atoms with Crippen LogP contribution in [0.25, 0.3) is 0 Å². The molecule has 0 aliphatic heterocycles. The van der Waals surface area contributed by atoms with Crippen LogP contribution in [-0.2, 0) is 0 Å². The molecule has 0 amide bonds. The molecule has 1 fully saturated rings. The highest BCUT2D eigenvalue weighted by Crippen LogP contribution is 2.25. The van der Waals surface area contributed by atoms with Crippen LogP contribution < -0.4 is 5.32 Å². The van der Waals surface area contributed by atoms with Gasteiger partial charge in [0.1, 0.15) is 0 Å². The molecule has 0 bridgehead atoms. The van der Waals surface area contributed by atoms with E-state index in [0.717, 1.165) is 10.7 Å². The Morgan fingerprint density at radius 1 is 1.33 bits per heavy atom. The summed E-state index contributed by atoms with van der Waals surface area (Å²) in [6.45, 7) is 0. The highest BCUT2D eigenvalue weighted by Gasteiger charge is 2.17. The Balaban J connectivity index is 1.91. The Morgan fingerprint density at radius 3 is 2.80 bits per heavy atom.